The maximum absolute atomic E-state index is 3.85. The molecule has 3 rings (SSSR count). The van der Waals surface area contributed by atoms with Gasteiger partial charge >= 0.3 is 0 Å². The molecule has 2 aliphatic heterocycles. The Kier molecular flexibility index (Phi) is 4.68. The highest BCUT2D eigenvalue weighted by molar-refractivity contribution is 5.01. The number of likely N-dealkylation sites (tertiary alicyclic amines) is 1. The number of hydrogen-bond donors (Lipinski definition) is 1. The molecule has 1 atom stereocenters. The number of hydrogen-bond acceptors (Lipinski definition) is 3. The normalized spacial score (nSPS) is 35.1. The molecular formula is C17H33N3. The topological polar surface area (TPSA) is 18.5 Å². The number of nitrogens with one attached hydrogen (secondary N) is 1. The molecular weight excluding hydrogens is 246 g/mol. The maximum Gasteiger partial charge on any atom is 0.0308 e. The third-order valence-corrected chi connectivity index (χ3v) is 5.90. The predicted molar refractivity (Wildman–Crippen MR) is 85.0 cm³/mol. The van der Waals surface area contributed by atoms with E-state index < -0.39 is 0 Å². The molecule has 3 nitrogen and oxygen atoms in total. The summed E-state index contributed by atoms with van der Waals surface area (Å²) in [6.45, 7) is 10.2. The monoisotopic (exact) mass is 279 g/mol. The van der Waals surface area contributed by atoms with E-state index in [0.717, 1.165) is 11.8 Å². The largest absolute Gasteiger partial charge is 0.310 e. The fourth-order valence-corrected chi connectivity index (χ4v) is 4.18. The zero-order chi connectivity index (χ0) is 14.0. The van der Waals surface area contributed by atoms with Crippen molar-refractivity contribution in [3.63, 3.8) is 0 Å². The highest BCUT2D eigenvalue weighted by atomic mass is 15.2. The molecule has 3 fully saturated rings. The van der Waals surface area contributed by atoms with Crippen LogP contribution < -0.4 is 5.32 Å². The minimum absolute atomic E-state index is 0.406. The Labute approximate surface area is 125 Å². The van der Waals surface area contributed by atoms with Gasteiger partial charge in [-0.3, -0.25) is 0 Å². The summed E-state index contributed by atoms with van der Waals surface area (Å²) < 4.78 is 0. The van der Waals surface area contributed by atoms with Gasteiger partial charge in [-0.05, 0) is 97.1 Å². The van der Waals surface area contributed by atoms with Crippen LogP contribution in [0.25, 0.3) is 0 Å². The molecule has 0 aromatic rings. The Hall–Kier alpha value is -0.120. The van der Waals surface area contributed by atoms with Gasteiger partial charge < -0.3 is 15.1 Å². The van der Waals surface area contributed by atoms with Gasteiger partial charge in [-0.15, -0.1) is 0 Å². The van der Waals surface area contributed by atoms with Gasteiger partial charge in [0.2, 0.25) is 0 Å². The van der Waals surface area contributed by atoms with E-state index in [4.69, 9.17) is 0 Å². The third kappa shape index (κ3) is 3.75. The van der Waals surface area contributed by atoms with Gasteiger partial charge in [0.25, 0.3) is 0 Å². The first-order chi connectivity index (χ1) is 9.66. The zero-order valence-corrected chi connectivity index (χ0v) is 13.5. The Morgan fingerprint density at radius 1 is 1.10 bits per heavy atom. The summed E-state index contributed by atoms with van der Waals surface area (Å²) in [4.78, 5) is 5.24. The summed E-state index contributed by atoms with van der Waals surface area (Å²) in [6.07, 6.45) is 8.49. The summed E-state index contributed by atoms with van der Waals surface area (Å²) in [6, 6.07) is 0. The molecule has 2 saturated heterocycles. The van der Waals surface area contributed by atoms with Crippen LogP contribution in [0.3, 0.4) is 0 Å². The fraction of sp³-hybridized carbons (Fsp3) is 1.00. The lowest BCUT2D eigenvalue weighted by Gasteiger charge is -2.35. The molecule has 1 N–H and O–H groups in total. The molecule has 1 saturated carbocycles. The molecule has 116 valence electrons. The van der Waals surface area contributed by atoms with Gasteiger partial charge in [0.1, 0.15) is 0 Å². The van der Waals surface area contributed by atoms with Gasteiger partial charge in [-0.2, -0.15) is 0 Å². The van der Waals surface area contributed by atoms with Crippen LogP contribution in [-0.2, 0) is 0 Å². The van der Waals surface area contributed by atoms with Crippen LogP contribution >= 0.6 is 0 Å². The Balaban J connectivity index is 1.46. The van der Waals surface area contributed by atoms with Crippen molar-refractivity contribution in [1.29, 1.82) is 0 Å². The maximum atomic E-state index is 3.85. The van der Waals surface area contributed by atoms with Gasteiger partial charge in [-0.25, -0.2) is 0 Å². The molecule has 0 bridgehead atoms. The molecule has 1 aliphatic carbocycles. The van der Waals surface area contributed by atoms with Crippen molar-refractivity contribution in [3.05, 3.63) is 0 Å². The van der Waals surface area contributed by atoms with Gasteiger partial charge in [0.15, 0.2) is 0 Å². The average Bonchev–Trinajstić information content (AvgIpc) is 3.26. The minimum atomic E-state index is 0.406. The second-order valence-corrected chi connectivity index (χ2v) is 7.78. The molecule has 0 spiro atoms. The molecule has 0 amide bonds. The first-order valence-electron chi connectivity index (χ1n) is 8.82. The van der Waals surface area contributed by atoms with Gasteiger partial charge in [0, 0.05) is 12.1 Å². The SMILES string of the molecule is CN1CCC(CCN2CCCNC(C)(C3CC3)C2)CC1. The van der Waals surface area contributed by atoms with Crippen LogP contribution in [0.2, 0.25) is 0 Å². The van der Waals surface area contributed by atoms with E-state index in [0.29, 0.717) is 5.54 Å². The van der Waals surface area contributed by atoms with Crippen LogP contribution in [0.4, 0.5) is 0 Å². The smallest absolute Gasteiger partial charge is 0.0308 e. The highest BCUT2D eigenvalue weighted by Gasteiger charge is 2.42. The van der Waals surface area contributed by atoms with Crippen LogP contribution in [-0.4, -0.2) is 61.7 Å². The summed E-state index contributed by atoms with van der Waals surface area (Å²) in [7, 11) is 2.26. The van der Waals surface area contributed by atoms with Crippen LogP contribution in [0.1, 0.15) is 45.4 Å². The van der Waals surface area contributed by atoms with Crippen molar-refractivity contribution in [3.8, 4) is 0 Å². The second kappa shape index (κ2) is 6.33. The van der Waals surface area contributed by atoms with E-state index >= 15 is 0 Å². The zero-order valence-electron chi connectivity index (χ0n) is 13.5. The van der Waals surface area contributed by atoms with Crippen LogP contribution in [0.5, 0.6) is 0 Å². The minimum Gasteiger partial charge on any atom is -0.310 e. The Morgan fingerprint density at radius 2 is 1.85 bits per heavy atom. The number of piperidine rings is 1. The van der Waals surface area contributed by atoms with Gasteiger partial charge in [-0.1, -0.05) is 0 Å². The summed E-state index contributed by atoms with van der Waals surface area (Å²) in [5, 5.41) is 3.85. The number of nitrogens with zero attached hydrogens (tertiary/aromatic N) is 2. The molecule has 0 aromatic carbocycles. The van der Waals surface area contributed by atoms with E-state index in [2.05, 4.69) is 29.1 Å². The molecule has 1 unspecified atom stereocenters. The molecule has 20 heavy (non-hydrogen) atoms. The quantitative estimate of drug-likeness (QED) is 0.851. The lowest BCUT2D eigenvalue weighted by Crippen LogP contribution is -2.51. The van der Waals surface area contributed by atoms with E-state index in [1.807, 2.05) is 0 Å². The van der Waals surface area contributed by atoms with E-state index in [9.17, 15) is 0 Å². The lowest BCUT2D eigenvalue weighted by molar-refractivity contribution is 0.165. The van der Waals surface area contributed by atoms with Gasteiger partial charge in [0.05, 0.1) is 0 Å². The summed E-state index contributed by atoms with van der Waals surface area (Å²) in [5.41, 5.74) is 0.406. The average molecular weight is 279 g/mol. The summed E-state index contributed by atoms with van der Waals surface area (Å²) >= 11 is 0. The van der Waals surface area contributed by atoms with E-state index in [-0.39, 0.29) is 0 Å². The second-order valence-electron chi connectivity index (χ2n) is 7.78. The fourth-order valence-electron chi connectivity index (χ4n) is 4.18. The van der Waals surface area contributed by atoms with Crippen molar-refractivity contribution in [2.24, 2.45) is 11.8 Å². The van der Waals surface area contributed by atoms with Crippen molar-refractivity contribution in [1.82, 2.24) is 15.1 Å². The Morgan fingerprint density at radius 3 is 2.55 bits per heavy atom. The van der Waals surface area contributed by atoms with Crippen LogP contribution in [0, 0.1) is 11.8 Å². The lowest BCUT2D eigenvalue weighted by atomic mass is 9.92. The highest BCUT2D eigenvalue weighted by Crippen LogP contribution is 2.40. The van der Waals surface area contributed by atoms with Crippen molar-refractivity contribution < 1.29 is 0 Å². The van der Waals surface area contributed by atoms with E-state index in [1.165, 1.54) is 77.8 Å². The standard InChI is InChI=1S/C17H33N3/c1-17(16-4-5-16)14-20(10-3-9-18-17)13-8-15-6-11-19(2)12-7-15/h15-16,18H,3-14H2,1-2H3. The van der Waals surface area contributed by atoms with Crippen molar-refractivity contribution >= 4 is 0 Å². The predicted octanol–water partition coefficient (Wildman–Crippen LogP) is 2.18. The van der Waals surface area contributed by atoms with E-state index in [1.54, 1.807) is 0 Å². The van der Waals surface area contributed by atoms with Crippen molar-refractivity contribution in [2.75, 3.05) is 46.3 Å². The molecule has 0 radical (unpaired) electrons. The van der Waals surface area contributed by atoms with Crippen molar-refractivity contribution in [2.45, 2.75) is 51.0 Å². The Bertz CT molecular complexity index is 307. The van der Waals surface area contributed by atoms with Crippen LogP contribution in [0.15, 0.2) is 0 Å². The molecule has 3 heteroatoms. The third-order valence-electron chi connectivity index (χ3n) is 5.90. The first-order valence-corrected chi connectivity index (χ1v) is 8.82. The molecule has 2 heterocycles. The molecule has 3 aliphatic rings. The number of rotatable bonds is 4. The molecule has 0 aromatic heterocycles. The first kappa shape index (κ1) is 14.8. The summed E-state index contributed by atoms with van der Waals surface area (Å²) in [5.74, 6) is 1.93.